The van der Waals surface area contributed by atoms with Gasteiger partial charge < -0.3 is 0 Å². The van der Waals surface area contributed by atoms with Crippen LogP contribution in [0.4, 0.5) is 0 Å². The van der Waals surface area contributed by atoms with E-state index in [1.165, 1.54) is 59.3 Å². The monoisotopic (exact) mass is 626 g/mol. The molecule has 0 unspecified atom stereocenters. The van der Waals surface area contributed by atoms with Gasteiger partial charge in [0.1, 0.15) is 0 Å². The van der Waals surface area contributed by atoms with Gasteiger partial charge in [0, 0.05) is 28.7 Å². The highest BCUT2D eigenvalue weighted by Gasteiger charge is 2.48. The molecule has 0 N–H and O–H groups in total. The van der Waals surface area contributed by atoms with Crippen molar-refractivity contribution >= 4 is 39.6 Å². The second-order valence-electron chi connectivity index (χ2n) is 12.9. The molecule has 1 aliphatic heterocycles. The van der Waals surface area contributed by atoms with Crippen molar-refractivity contribution < 1.29 is 0 Å². The fourth-order valence-corrected chi connectivity index (χ4v) is 13.6. The van der Waals surface area contributed by atoms with E-state index in [0.717, 1.165) is 34.8 Å². The molecule has 0 saturated carbocycles. The molecular weight excluding hydrogens is 597 g/mol. The molecule has 0 amide bonds. The van der Waals surface area contributed by atoms with Gasteiger partial charge in [-0.15, -0.1) is 0 Å². The number of benzene rings is 7. The molecule has 1 aliphatic carbocycles. The molecule has 0 atom stereocenters. The van der Waals surface area contributed by atoms with Gasteiger partial charge in [-0.3, -0.25) is 0 Å². The molecule has 0 radical (unpaired) electrons. The van der Waals surface area contributed by atoms with Crippen LogP contribution in [0.25, 0.3) is 55.8 Å². The standard InChI is InChI=1S/C45H30N2Si/c1-4-15-31(16-5-1)43-40-29-39-35-21-11-10-14-30(35)24-27-38(39)44(40)47-45(46-43)32-25-26-37-36-22-12-13-23-41(36)48(42(37)28-32,33-17-6-2-7-18-33)34-19-8-3-9-20-34/h1-28H,29H2. The van der Waals surface area contributed by atoms with E-state index in [2.05, 4.69) is 170 Å². The molecule has 0 spiro atoms. The van der Waals surface area contributed by atoms with E-state index in [1.54, 1.807) is 0 Å². The van der Waals surface area contributed by atoms with Gasteiger partial charge in [-0.05, 0) is 48.2 Å². The largest absolute Gasteiger partial charge is 0.228 e. The maximum Gasteiger partial charge on any atom is 0.180 e. The molecule has 2 nitrogen and oxygen atoms in total. The number of hydrogen-bond donors (Lipinski definition) is 0. The quantitative estimate of drug-likeness (QED) is 0.186. The van der Waals surface area contributed by atoms with Gasteiger partial charge in [-0.1, -0.05) is 170 Å². The summed E-state index contributed by atoms with van der Waals surface area (Å²) in [5.41, 5.74) is 10.7. The van der Waals surface area contributed by atoms with Gasteiger partial charge in [-0.2, -0.15) is 0 Å². The smallest absolute Gasteiger partial charge is 0.180 e. The first kappa shape index (κ1) is 27.2. The highest BCUT2D eigenvalue weighted by molar-refractivity contribution is 7.22. The van der Waals surface area contributed by atoms with Crippen molar-refractivity contribution in [2.75, 3.05) is 0 Å². The highest BCUT2D eigenvalue weighted by atomic mass is 28.3. The predicted octanol–water partition coefficient (Wildman–Crippen LogP) is 7.89. The predicted molar refractivity (Wildman–Crippen MR) is 201 cm³/mol. The molecule has 48 heavy (non-hydrogen) atoms. The average Bonchev–Trinajstić information content (AvgIpc) is 3.69. The zero-order valence-corrected chi connectivity index (χ0v) is 27.3. The summed E-state index contributed by atoms with van der Waals surface area (Å²) in [6.07, 6.45) is 0.827. The molecule has 0 bridgehead atoms. The second kappa shape index (κ2) is 10.6. The number of aromatic nitrogens is 2. The first-order valence-corrected chi connectivity index (χ1v) is 18.6. The third kappa shape index (κ3) is 3.85. The van der Waals surface area contributed by atoms with E-state index in [0.29, 0.717) is 0 Å². The summed E-state index contributed by atoms with van der Waals surface area (Å²) in [7, 11) is -2.63. The topological polar surface area (TPSA) is 25.8 Å². The molecule has 8 aromatic rings. The van der Waals surface area contributed by atoms with Crippen LogP contribution in [0.15, 0.2) is 170 Å². The van der Waals surface area contributed by atoms with Crippen molar-refractivity contribution in [1.82, 2.24) is 9.97 Å². The molecule has 224 valence electrons. The summed E-state index contributed by atoms with van der Waals surface area (Å²) < 4.78 is 0. The number of rotatable bonds is 4. The van der Waals surface area contributed by atoms with Crippen LogP contribution in [-0.2, 0) is 6.42 Å². The average molecular weight is 627 g/mol. The third-order valence-corrected chi connectivity index (χ3v) is 15.3. The molecule has 7 aromatic carbocycles. The zero-order valence-electron chi connectivity index (χ0n) is 26.3. The molecule has 3 heteroatoms. The zero-order chi connectivity index (χ0) is 31.7. The van der Waals surface area contributed by atoms with Gasteiger partial charge in [0.25, 0.3) is 0 Å². The fourth-order valence-electron chi connectivity index (χ4n) is 8.35. The van der Waals surface area contributed by atoms with E-state index in [9.17, 15) is 0 Å². The molecule has 2 heterocycles. The summed E-state index contributed by atoms with van der Waals surface area (Å²) in [5, 5.41) is 8.18. The molecule has 1 aromatic heterocycles. The van der Waals surface area contributed by atoms with Crippen LogP contribution >= 0.6 is 0 Å². The maximum atomic E-state index is 5.43. The summed E-state index contributed by atoms with van der Waals surface area (Å²) in [4.78, 5) is 10.9. The second-order valence-corrected chi connectivity index (χ2v) is 16.6. The summed E-state index contributed by atoms with van der Waals surface area (Å²) >= 11 is 0. The number of fused-ring (bicyclic) bond motifs is 8. The Labute approximate surface area is 281 Å². The van der Waals surface area contributed by atoms with E-state index in [-0.39, 0.29) is 0 Å². The molecule has 10 rings (SSSR count). The van der Waals surface area contributed by atoms with E-state index in [4.69, 9.17) is 9.97 Å². The minimum atomic E-state index is -2.63. The van der Waals surface area contributed by atoms with E-state index in [1.807, 2.05) is 0 Å². The van der Waals surface area contributed by atoms with Gasteiger partial charge in [-0.25, -0.2) is 9.97 Å². The summed E-state index contributed by atoms with van der Waals surface area (Å²) in [6.45, 7) is 0. The van der Waals surface area contributed by atoms with Crippen molar-refractivity contribution in [2.45, 2.75) is 6.42 Å². The fraction of sp³-hybridized carbons (Fsp3) is 0.0222. The molecule has 0 saturated heterocycles. The Kier molecular flexibility index (Phi) is 5.99. The van der Waals surface area contributed by atoms with Crippen LogP contribution in [-0.4, -0.2) is 18.0 Å². The Morgan fingerprint density at radius 2 is 1.02 bits per heavy atom. The lowest BCUT2D eigenvalue weighted by Gasteiger charge is -2.31. The molecule has 2 aliphatic rings. The Morgan fingerprint density at radius 1 is 0.417 bits per heavy atom. The highest BCUT2D eigenvalue weighted by Crippen LogP contribution is 2.44. The normalized spacial score (nSPS) is 13.5. The van der Waals surface area contributed by atoms with Gasteiger partial charge in [0.15, 0.2) is 13.9 Å². The van der Waals surface area contributed by atoms with Crippen molar-refractivity contribution in [3.63, 3.8) is 0 Å². The van der Waals surface area contributed by atoms with Crippen molar-refractivity contribution in [3.8, 4) is 45.0 Å². The first-order valence-electron chi connectivity index (χ1n) is 16.6. The summed E-state index contributed by atoms with van der Waals surface area (Å²) in [5.74, 6) is 0.774. The van der Waals surface area contributed by atoms with Gasteiger partial charge in [0.05, 0.1) is 11.4 Å². The lowest BCUT2D eigenvalue weighted by molar-refractivity contribution is 1.14. The minimum absolute atomic E-state index is 0.774. The van der Waals surface area contributed by atoms with Crippen LogP contribution in [0.2, 0.25) is 0 Å². The summed E-state index contributed by atoms with van der Waals surface area (Å²) in [6, 6.07) is 62.2. The van der Waals surface area contributed by atoms with Crippen molar-refractivity contribution in [2.24, 2.45) is 0 Å². The SMILES string of the molecule is c1ccc(-c2nc(-c3ccc4c(c3)[Si](c3ccccc3)(c3ccccc3)c3ccccc3-4)nc3c2Cc2c-3ccc3ccccc23)cc1. The van der Waals surface area contributed by atoms with Crippen LogP contribution < -0.4 is 20.7 Å². The Bertz CT molecular complexity index is 2480. The minimum Gasteiger partial charge on any atom is -0.228 e. The van der Waals surface area contributed by atoms with Crippen molar-refractivity contribution in [3.05, 3.63) is 181 Å². The van der Waals surface area contributed by atoms with Crippen LogP contribution in [0, 0.1) is 0 Å². The Balaban J connectivity index is 1.25. The van der Waals surface area contributed by atoms with Crippen LogP contribution in [0.5, 0.6) is 0 Å². The van der Waals surface area contributed by atoms with Gasteiger partial charge >= 0.3 is 0 Å². The van der Waals surface area contributed by atoms with E-state index >= 15 is 0 Å². The van der Waals surface area contributed by atoms with Gasteiger partial charge in [0.2, 0.25) is 0 Å². The molecule has 0 fully saturated rings. The Morgan fingerprint density at radius 3 is 1.79 bits per heavy atom. The number of nitrogens with zero attached hydrogens (tertiary/aromatic N) is 2. The lowest BCUT2D eigenvalue weighted by atomic mass is 10.00. The number of hydrogen-bond acceptors (Lipinski definition) is 2. The van der Waals surface area contributed by atoms with Crippen molar-refractivity contribution in [1.29, 1.82) is 0 Å². The lowest BCUT2D eigenvalue weighted by Crippen LogP contribution is -2.72. The maximum absolute atomic E-state index is 5.43. The Hall–Kier alpha value is -5.90. The van der Waals surface area contributed by atoms with Crippen LogP contribution in [0.3, 0.4) is 0 Å². The third-order valence-electron chi connectivity index (χ3n) is 10.4. The van der Waals surface area contributed by atoms with E-state index < -0.39 is 8.07 Å². The first-order chi connectivity index (χ1) is 23.8. The van der Waals surface area contributed by atoms with Crippen LogP contribution in [0.1, 0.15) is 11.1 Å². The molecular formula is C45H30N2Si.